The smallest absolute Gasteiger partial charge is 0.137 e. The first-order chi connectivity index (χ1) is 5.77. The molecule has 3 nitrogen and oxygen atoms in total. The van der Waals surface area contributed by atoms with Crippen molar-refractivity contribution in [3.63, 3.8) is 0 Å². The van der Waals surface area contributed by atoms with Crippen LogP contribution in [0, 0.1) is 0 Å². The van der Waals surface area contributed by atoms with Crippen LogP contribution < -0.4 is 5.32 Å². The number of epoxide rings is 1. The average molecular weight is 173 g/mol. The number of hydrogen-bond acceptors (Lipinski definition) is 3. The molecule has 72 valence electrons. The van der Waals surface area contributed by atoms with Gasteiger partial charge in [-0.15, -0.1) is 0 Å². The van der Waals surface area contributed by atoms with Gasteiger partial charge in [0.15, 0.2) is 0 Å². The molecule has 1 aliphatic heterocycles. The molecular formula is C9H19NO2. The van der Waals surface area contributed by atoms with Gasteiger partial charge in [0.05, 0.1) is 6.10 Å². The van der Waals surface area contributed by atoms with E-state index < -0.39 is 0 Å². The van der Waals surface area contributed by atoms with E-state index in [2.05, 4.69) is 19.2 Å². The number of nitrogens with one attached hydrogen (secondary N) is 1. The molecule has 0 aromatic heterocycles. The minimum atomic E-state index is -0.387. The van der Waals surface area contributed by atoms with Crippen LogP contribution in [0.3, 0.4) is 0 Å². The SMILES string of the molecule is CCC[C@H](O)N[C@@H]1O[C@@H]1CCC. The Kier molecular flexibility index (Phi) is 3.98. The van der Waals surface area contributed by atoms with Crippen molar-refractivity contribution in [2.24, 2.45) is 0 Å². The van der Waals surface area contributed by atoms with Crippen LogP contribution in [-0.4, -0.2) is 23.7 Å². The lowest BCUT2D eigenvalue weighted by molar-refractivity contribution is 0.110. The van der Waals surface area contributed by atoms with Crippen LogP contribution in [0.2, 0.25) is 0 Å². The van der Waals surface area contributed by atoms with Crippen molar-refractivity contribution in [2.75, 3.05) is 0 Å². The molecule has 1 saturated heterocycles. The number of hydrogen-bond donors (Lipinski definition) is 2. The summed E-state index contributed by atoms with van der Waals surface area (Å²) in [5.41, 5.74) is 0. The molecule has 12 heavy (non-hydrogen) atoms. The Morgan fingerprint density at radius 2 is 2.17 bits per heavy atom. The predicted octanol–water partition coefficient (Wildman–Crippen LogP) is 1.22. The first-order valence-corrected chi connectivity index (χ1v) is 4.87. The zero-order valence-corrected chi connectivity index (χ0v) is 7.92. The van der Waals surface area contributed by atoms with Crippen molar-refractivity contribution >= 4 is 0 Å². The Bertz CT molecular complexity index is 130. The molecule has 0 amide bonds. The zero-order chi connectivity index (χ0) is 8.97. The second-order valence-corrected chi connectivity index (χ2v) is 3.35. The van der Waals surface area contributed by atoms with Crippen molar-refractivity contribution in [3.8, 4) is 0 Å². The van der Waals surface area contributed by atoms with Gasteiger partial charge in [0.1, 0.15) is 12.5 Å². The van der Waals surface area contributed by atoms with Gasteiger partial charge in [0.25, 0.3) is 0 Å². The highest BCUT2D eigenvalue weighted by Crippen LogP contribution is 2.24. The number of aliphatic hydroxyl groups excluding tert-OH is 1. The second-order valence-electron chi connectivity index (χ2n) is 3.35. The monoisotopic (exact) mass is 173 g/mol. The fraction of sp³-hybridized carbons (Fsp3) is 1.00. The quantitative estimate of drug-likeness (QED) is 0.469. The lowest BCUT2D eigenvalue weighted by atomic mass is 10.2. The summed E-state index contributed by atoms with van der Waals surface area (Å²) in [5, 5.41) is 12.4. The van der Waals surface area contributed by atoms with E-state index >= 15 is 0 Å². The van der Waals surface area contributed by atoms with Gasteiger partial charge in [-0.05, 0) is 12.8 Å². The van der Waals surface area contributed by atoms with Gasteiger partial charge in [0.2, 0.25) is 0 Å². The highest BCUT2D eigenvalue weighted by Gasteiger charge is 2.38. The molecule has 0 saturated carbocycles. The topological polar surface area (TPSA) is 44.8 Å². The van der Waals surface area contributed by atoms with Crippen LogP contribution in [0.15, 0.2) is 0 Å². The van der Waals surface area contributed by atoms with Crippen LogP contribution in [0.25, 0.3) is 0 Å². The summed E-state index contributed by atoms with van der Waals surface area (Å²) >= 11 is 0. The van der Waals surface area contributed by atoms with Crippen molar-refractivity contribution in [2.45, 2.75) is 58.1 Å². The van der Waals surface area contributed by atoms with Crippen molar-refractivity contribution in [1.29, 1.82) is 0 Å². The van der Waals surface area contributed by atoms with Gasteiger partial charge in [-0.25, -0.2) is 0 Å². The Morgan fingerprint density at radius 3 is 2.75 bits per heavy atom. The molecule has 0 bridgehead atoms. The van der Waals surface area contributed by atoms with Crippen molar-refractivity contribution in [3.05, 3.63) is 0 Å². The van der Waals surface area contributed by atoms with E-state index in [-0.39, 0.29) is 12.5 Å². The maximum atomic E-state index is 9.35. The fourth-order valence-corrected chi connectivity index (χ4v) is 1.34. The molecule has 0 radical (unpaired) electrons. The van der Waals surface area contributed by atoms with Gasteiger partial charge >= 0.3 is 0 Å². The fourth-order valence-electron chi connectivity index (χ4n) is 1.34. The summed E-state index contributed by atoms with van der Waals surface area (Å²) in [4.78, 5) is 0. The summed E-state index contributed by atoms with van der Waals surface area (Å²) < 4.78 is 5.30. The van der Waals surface area contributed by atoms with E-state index in [4.69, 9.17) is 4.74 Å². The molecule has 0 spiro atoms. The number of rotatable bonds is 6. The van der Waals surface area contributed by atoms with Crippen LogP contribution in [-0.2, 0) is 4.74 Å². The van der Waals surface area contributed by atoms with Crippen LogP contribution in [0.4, 0.5) is 0 Å². The Hall–Kier alpha value is -0.120. The lowest BCUT2D eigenvalue weighted by Gasteiger charge is -2.08. The van der Waals surface area contributed by atoms with Gasteiger partial charge in [-0.1, -0.05) is 26.7 Å². The third-order valence-electron chi connectivity index (χ3n) is 2.07. The molecular weight excluding hydrogens is 154 g/mol. The molecule has 0 unspecified atom stereocenters. The molecule has 0 aromatic rings. The third kappa shape index (κ3) is 3.09. The molecule has 1 aliphatic rings. The minimum absolute atomic E-state index is 0.117. The molecule has 1 rings (SSSR count). The molecule has 0 aliphatic carbocycles. The van der Waals surface area contributed by atoms with E-state index in [9.17, 15) is 5.11 Å². The minimum Gasteiger partial charge on any atom is -0.379 e. The predicted molar refractivity (Wildman–Crippen MR) is 47.6 cm³/mol. The van der Waals surface area contributed by atoms with Gasteiger partial charge in [-0.3, -0.25) is 5.32 Å². The number of aliphatic hydroxyl groups is 1. The van der Waals surface area contributed by atoms with E-state index in [0.29, 0.717) is 6.10 Å². The van der Waals surface area contributed by atoms with Crippen LogP contribution in [0.5, 0.6) is 0 Å². The van der Waals surface area contributed by atoms with Crippen LogP contribution in [0.1, 0.15) is 39.5 Å². The molecule has 1 heterocycles. The summed E-state index contributed by atoms with van der Waals surface area (Å²) in [6.07, 6.45) is 4.12. The normalized spacial score (nSPS) is 30.2. The molecule has 0 aromatic carbocycles. The Morgan fingerprint density at radius 1 is 1.42 bits per heavy atom. The van der Waals surface area contributed by atoms with Gasteiger partial charge in [-0.2, -0.15) is 0 Å². The lowest BCUT2D eigenvalue weighted by Crippen LogP contribution is -2.32. The van der Waals surface area contributed by atoms with Gasteiger partial charge in [0, 0.05) is 0 Å². The first kappa shape index (κ1) is 9.96. The summed E-state index contributed by atoms with van der Waals surface area (Å²) in [6, 6.07) is 0. The molecule has 3 atom stereocenters. The summed E-state index contributed by atoms with van der Waals surface area (Å²) in [5.74, 6) is 0. The average Bonchev–Trinajstić information content (AvgIpc) is 2.69. The third-order valence-corrected chi connectivity index (χ3v) is 2.07. The summed E-state index contributed by atoms with van der Waals surface area (Å²) in [7, 11) is 0. The van der Waals surface area contributed by atoms with E-state index in [1.807, 2.05) is 0 Å². The highest BCUT2D eigenvalue weighted by molar-refractivity contribution is 4.82. The van der Waals surface area contributed by atoms with E-state index in [1.165, 1.54) is 0 Å². The standard InChI is InChI=1S/C9H19NO2/c1-3-5-7-9(12-7)10-8(11)6-4-2/h7-11H,3-6H2,1-2H3/t7-,8+,9-/m1/s1. The molecule has 2 N–H and O–H groups in total. The summed E-state index contributed by atoms with van der Waals surface area (Å²) in [6.45, 7) is 4.20. The second kappa shape index (κ2) is 4.80. The highest BCUT2D eigenvalue weighted by atomic mass is 16.6. The number of ether oxygens (including phenoxy) is 1. The maximum absolute atomic E-state index is 9.35. The molecule has 3 heteroatoms. The van der Waals surface area contributed by atoms with Gasteiger partial charge < -0.3 is 9.84 Å². The zero-order valence-electron chi connectivity index (χ0n) is 7.92. The maximum Gasteiger partial charge on any atom is 0.137 e. The van der Waals surface area contributed by atoms with E-state index in [1.54, 1.807) is 0 Å². The largest absolute Gasteiger partial charge is 0.379 e. The van der Waals surface area contributed by atoms with Crippen molar-refractivity contribution in [1.82, 2.24) is 5.32 Å². The van der Waals surface area contributed by atoms with Crippen LogP contribution >= 0.6 is 0 Å². The first-order valence-electron chi connectivity index (χ1n) is 4.87. The Balaban J connectivity index is 2.02. The van der Waals surface area contributed by atoms with Crippen molar-refractivity contribution < 1.29 is 9.84 Å². The Labute approximate surface area is 74.1 Å². The van der Waals surface area contributed by atoms with E-state index in [0.717, 1.165) is 25.7 Å². The molecule has 1 fully saturated rings.